The summed E-state index contributed by atoms with van der Waals surface area (Å²) in [6.07, 6.45) is 0. The molecule has 4 heteroatoms. The Hall–Kier alpha value is -1.32. The summed E-state index contributed by atoms with van der Waals surface area (Å²) in [5.74, 6) is -2.56. The van der Waals surface area contributed by atoms with Crippen molar-refractivity contribution in [1.29, 1.82) is 0 Å². The molecule has 0 saturated heterocycles. The number of hydrogen-bond acceptors (Lipinski definition) is 2. The summed E-state index contributed by atoms with van der Waals surface area (Å²) in [4.78, 5) is 20.0. The summed E-state index contributed by atoms with van der Waals surface area (Å²) in [5.41, 5.74) is 0.322. The lowest BCUT2D eigenvalue weighted by Gasteiger charge is -1.95. The number of aliphatic carboxylic acids is 1. The highest BCUT2D eigenvalue weighted by atomic mass is 16.4. The van der Waals surface area contributed by atoms with Crippen molar-refractivity contribution >= 4 is 11.9 Å². The lowest BCUT2D eigenvalue weighted by molar-refractivity contribution is -0.149. The van der Waals surface area contributed by atoms with Crippen molar-refractivity contribution in [3.05, 3.63) is 12.3 Å². The summed E-state index contributed by atoms with van der Waals surface area (Å²) < 4.78 is 0. The predicted octanol–water partition coefficient (Wildman–Crippen LogP) is -0.279. The number of nitrogens with one attached hydrogen (secondary N) is 1. The molecule has 0 rings (SSSR count). The van der Waals surface area contributed by atoms with Gasteiger partial charge in [0.05, 0.1) is 0 Å². The van der Waals surface area contributed by atoms with Crippen LogP contribution < -0.4 is 5.32 Å². The zero-order valence-electron chi connectivity index (χ0n) is 4.97. The monoisotopic (exact) mass is 129 g/mol. The van der Waals surface area contributed by atoms with E-state index in [1.54, 1.807) is 0 Å². The van der Waals surface area contributed by atoms with Crippen molar-refractivity contribution < 1.29 is 14.7 Å². The molecular weight excluding hydrogens is 122 g/mol. The Labute approximate surface area is 52.2 Å². The Morgan fingerprint density at radius 2 is 2.00 bits per heavy atom. The van der Waals surface area contributed by atoms with Crippen LogP contribution in [0.25, 0.3) is 0 Å². The summed E-state index contributed by atoms with van der Waals surface area (Å²) in [6, 6.07) is 0. The maximum atomic E-state index is 10.2. The van der Waals surface area contributed by atoms with E-state index >= 15 is 0 Å². The van der Waals surface area contributed by atoms with E-state index in [4.69, 9.17) is 5.11 Å². The van der Waals surface area contributed by atoms with Crippen LogP contribution in [0.2, 0.25) is 0 Å². The van der Waals surface area contributed by atoms with Crippen LogP contribution in [0, 0.1) is 0 Å². The number of hydrogen-bond donors (Lipinski definition) is 2. The summed E-state index contributed by atoms with van der Waals surface area (Å²) in [6.45, 7) is 4.78. The van der Waals surface area contributed by atoms with E-state index in [2.05, 4.69) is 6.58 Å². The number of carbonyl (C=O) groups is 2. The van der Waals surface area contributed by atoms with E-state index in [1.165, 1.54) is 6.92 Å². The number of carboxylic acids is 1. The molecule has 0 aromatic heterocycles. The standard InChI is InChI=1S/C5H7NO3/c1-3(2)6-4(7)5(8)9/h1H2,2H3,(H,6,7)(H,8,9). The van der Waals surface area contributed by atoms with Gasteiger partial charge in [-0.05, 0) is 6.92 Å². The van der Waals surface area contributed by atoms with Gasteiger partial charge in [-0.3, -0.25) is 4.79 Å². The van der Waals surface area contributed by atoms with E-state index in [-0.39, 0.29) is 0 Å². The molecule has 0 bridgehead atoms. The van der Waals surface area contributed by atoms with Crippen LogP contribution in [0.5, 0.6) is 0 Å². The van der Waals surface area contributed by atoms with Crippen LogP contribution in [0.15, 0.2) is 12.3 Å². The van der Waals surface area contributed by atoms with E-state index < -0.39 is 11.9 Å². The molecule has 0 radical (unpaired) electrons. The SMILES string of the molecule is C=C(C)NC(=O)C(=O)O. The quantitative estimate of drug-likeness (QED) is 0.478. The highest BCUT2D eigenvalue weighted by molar-refractivity contribution is 6.31. The van der Waals surface area contributed by atoms with Gasteiger partial charge in [-0.15, -0.1) is 0 Å². The summed E-state index contributed by atoms with van der Waals surface area (Å²) in [5, 5.41) is 9.99. The molecule has 1 amide bonds. The van der Waals surface area contributed by atoms with Gasteiger partial charge in [0, 0.05) is 5.70 Å². The van der Waals surface area contributed by atoms with Crippen molar-refractivity contribution in [3.63, 3.8) is 0 Å². The minimum atomic E-state index is -1.50. The Bertz CT molecular complexity index is 162. The number of amides is 1. The zero-order chi connectivity index (χ0) is 7.44. The van der Waals surface area contributed by atoms with Crippen molar-refractivity contribution in [2.24, 2.45) is 0 Å². The minimum Gasteiger partial charge on any atom is -0.474 e. The Kier molecular flexibility index (Phi) is 2.44. The first-order valence-corrected chi connectivity index (χ1v) is 2.24. The normalized spacial score (nSPS) is 8.11. The lowest BCUT2D eigenvalue weighted by Crippen LogP contribution is -2.28. The molecule has 0 unspecified atom stereocenters. The van der Waals surface area contributed by atoms with Crippen LogP contribution in [0.1, 0.15) is 6.92 Å². The van der Waals surface area contributed by atoms with Gasteiger partial charge in [0.2, 0.25) is 0 Å². The molecule has 0 fully saturated rings. The van der Waals surface area contributed by atoms with Gasteiger partial charge in [-0.1, -0.05) is 6.58 Å². The molecule has 2 N–H and O–H groups in total. The van der Waals surface area contributed by atoms with Gasteiger partial charge < -0.3 is 10.4 Å². The van der Waals surface area contributed by atoms with E-state index in [9.17, 15) is 9.59 Å². The fourth-order valence-corrected chi connectivity index (χ4v) is 0.247. The molecule has 0 spiro atoms. The Morgan fingerprint density at radius 3 is 2.11 bits per heavy atom. The summed E-state index contributed by atoms with van der Waals surface area (Å²) in [7, 11) is 0. The second-order valence-corrected chi connectivity index (χ2v) is 1.54. The second kappa shape index (κ2) is 2.86. The topological polar surface area (TPSA) is 66.4 Å². The molecule has 0 aromatic rings. The van der Waals surface area contributed by atoms with Crippen molar-refractivity contribution in [2.75, 3.05) is 0 Å². The molecule has 0 aliphatic heterocycles. The maximum Gasteiger partial charge on any atom is 0.394 e. The fourth-order valence-electron chi connectivity index (χ4n) is 0.247. The molecule has 9 heavy (non-hydrogen) atoms. The van der Waals surface area contributed by atoms with E-state index in [0.717, 1.165) is 0 Å². The lowest BCUT2D eigenvalue weighted by atomic mass is 10.5. The molecular formula is C5H7NO3. The van der Waals surface area contributed by atoms with Crippen LogP contribution in [0.4, 0.5) is 0 Å². The third-order valence-electron chi connectivity index (χ3n) is 0.521. The first-order valence-electron chi connectivity index (χ1n) is 2.24. The highest BCUT2D eigenvalue weighted by Crippen LogP contribution is 1.77. The van der Waals surface area contributed by atoms with Crippen molar-refractivity contribution in [1.82, 2.24) is 5.32 Å². The van der Waals surface area contributed by atoms with Gasteiger partial charge in [0.15, 0.2) is 0 Å². The Balaban J connectivity index is 3.79. The smallest absolute Gasteiger partial charge is 0.394 e. The molecule has 0 aliphatic rings. The van der Waals surface area contributed by atoms with Gasteiger partial charge in [0.1, 0.15) is 0 Å². The van der Waals surface area contributed by atoms with Crippen molar-refractivity contribution in [2.45, 2.75) is 6.92 Å². The average Bonchev–Trinajstić information content (AvgIpc) is 1.63. The van der Waals surface area contributed by atoms with E-state index in [1.807, 2.05) is 5.32 Å². The van der Waals surface area contributed by atoms with Crippen LogP contribution in [-0.4, -0.2) is 17.0 Å². The fraction of sp³-hybridized carbons (Fsp3) is 0.200. The molecule has 0 heterocycles. The molecule has 0 saturated carbocycles. The molecule has 0 aliphatic carbocycles. The first kappa shape index (κ1) is 7.68. The highest BCUT2D eigenvalue weighted by Gasteiger charge is 2.08. The largest absolute Gasteiger partial charge is 0.474 e. The Morgan fingerprint density at radius 1 is 1.56 bits per heavy atom. The van der Waals surface area contributed by atoms with Crippen LogP contribution in [-0.2, 0) is 9.59 Å². The zero-order valence-corrected chi connectivity index (χ0v) is 4.97. The molecule has 4 nitrogen and oxygen atoms in total. The van der Waals surface area contributed by atoms with Crippen LogP contribution in [0.3, 0.4) is 0 Å². The summed E-state index contributed by atoms with van der Waals surface area (Å²) >= 11 is 0. The van der Waals surface area contributed by atoms with Gasteiger partial charge >= 0.3 is 11.9 Å². The molecule has 0 atom stereocenters. The average molecular weight is 129 g/mol. The minimum absolute atomic E-state index is 0.322. The number of carboxylic acid groups (broad SMARTS) is 1. The molecule has 50 valence electrons. The van der Waals surface area contributed by atoms with Gasteiger partial charge in [0.25, 0.3) is 0 Å². The molecule has 0 aromatic carbocycles. The third kappa shape index (κ3) is 3.28. The predicted molar refractivity (Wildman–Crippen MR) is 30.6 cm³/mol. The third-order valence-corrected chi connectivity index (χ3v) is 0.521. The number of rotatable bonds is 1. The maximum absolute atomic E-state index is 10.2. The number of allylic oxidation sites excluding steroid dienone is 1. The first-order chi connectivity index (χ1) is 4.04. The van der Waals surface area contributed by atoms with Gasteiger partial charge in [-0.25, -0.2) is 4.79 Å². The number of carbonyl (C=O) groups excluding carboxylic acids is 1. The van der Waals surface area contributed by atoms with Crippen LogP contribution >= 0.6 is 0 Å². The second-order valence-electron chi connectivity index (χ2n) is 1.54. The van der Waals surface area contributed by atoms with E-state index in [0.29, 0.717) is 5.70 Å². The van der Waals surface area contributed by atoms with Gasteiger partial charge in [-0.2, -0.15) is 0 Å². The van der Waals surface area contributed by atoms with Crippen molar-refractivity contribution in [3.8, 4) is 0 Å².